The van der Waals surface area contributed by atoms with Crippen molar-refractivity contribution in [2.45, 2.75) is 75.9 Å². The first-order valence-corrected chi connectivity index (χ1v) is 16.8. The molecule has 9 nitrogen and oxygen atoms in total. The molecule has 1 aliphatic heterocycles. The summed E-state index contributed by atoms with van der Waals surface area (Å²) in [6, 6.07) is 20.0. The summed E-state index contributed by atoms with van der Waals surface area (Å²) in [5.41, 5.74) is 2.19. The van der Waals surface area contributed by atoms with Crippen molar-refractivity contribution >= 4 is 27.5 Å². The Labute approximate surface area is 260 Å². The van der Waals surface area contributed by atoms with Gasteiger partial charge in [-0.15, -0.1) is 0 Å². The number of hydrogen-bond acceptors (Lipinski definition) is 6. The molecule has 0 radical (unpaired) electrons. The number of benzene rings is 3. The van der Waals surface area contributed by atoms with E-state index in [-0.39, 0.29) is 29.1 Å². The first-order chi connectivity index (χ1) is 21.3. The number of carbonyl (C=O) groups is 2. The van der Waals surface area contributed by atoms with E-state index in [0.29, 0.717) is 31.1 Å². The second kappa shape index (κ2) is 14.2. The van der Waals surface area contributed by atoms with Crippen LogP contribution >= 0.6 is 0 Å². The fourth-order valence-corrected chi connectivity index (χ4v) is 7.22. The topological polar surface area (TPSA) is 105 Å². The number of aryl methyl sites for hydroxylation is 1. The monoisotopic (exact) mass is 619 g/mol. The lowest BCUT2D eigenvalue weighted by atomic mass is 9.95. The summed E-state index contributed by atoms with van der Waals surface area (Å²) in [6.07, 6.45) is 5.51. The van der Waals surface area contributed by atoms with Gasteiger partial charge in [-0.05, 0) is 56.0 Å². The molecule has 1 atom stereocenters. The summed E-state index contributed by atoms with van der Waals surface area (Å²) < 4.78 is 40.7. The molecule has 234 valence electrons. The van der Waals surface area contributed by atoms with E-state index in [4.69, 9.17) is 9.47 Å². The van der Waals surface area contributed by atoms with E-state index in [1.165, 1.54) is 17.0 Å². The fourth-order valence-electron chi connectivity index (χ4n) is 5.79. The number of rotatable bonds is 11. The van der Waals surface area contributed by atoms with Crippen LogP contribution in [0.2, 0.25) is 0 Å². The number of nitrogens with one attached hydrogen (secondary N) is 1. The molecule has 1 saturated carbocycles. The second-order valence-corrected chi connectivity index (χ2v) is 13.3. The van der Waals surface area contributed by atoms with Crippen LogP contribution in [0.5, 0.6) is 11.5 Å². The van der Waals surface area contributed by atoms with Crippen molar-refractivity contribution in [3.63, 3.8) is 0 Å². The van der Waals surface area contributed by atoms with Gasteiger partial charge < -0.3 is 19.7 Å². The van der Waals surface area contributed by atoms with Crippen molar-refractivity contribution in [1.29, 1.82) is 0 Å². The van der Waals surface area contributed by atoms with Crippen molar-refractivity contribution in [2.24, 2.45) is 0 Å². The molecule has 0 unspecified atom stereocenters. The van der Waals surface area contributed by atoms with Crippen LogP contribution in [0.3, 0.4) is 0 Å². The molecule has 3 aromatic carbocycles. The van der Waals surface area contributed by atoms with E-state index in [1.54, 1.807) is 36.4 Å². The SMILES string of the molecule is CC[C@H](C(=O)NC1CCCCC1)N(Cc1ccc(C)cc1)C(=O)CN(c1ccc2c(c1)OCCO2)S(=O)(=O)c1ccccc1. The normalized spacial score (nSPS) is 15.7. The minimum absolute atomic E-state index is 0.0508. The first-order valence-electron chi connectivity index (χ1n) is 15.4. The Morgan fingerprint density at radius 3 is 2.27 bits per heavy atom. The molecule has 10 heteroatoms. The molecule has 5 rings (SSSR count). The number of carbonyl (C=O) groups excluding carboxylic acids is 2. The zero-order valence-electron chi connectivity index (χ0n) is 25.4. The van der Waals surface area contributed by atoms with Crippen molar-refractivity contribution in [3.05, 3.63) is 83.9 Å². The molecule has 3 aromatic rings. The van der Waals surface area contributed by atoms with Gasteiger partial charge in [0.1, 0.15) is 25.8 Å². The summed E-state index contributed by atoms with van der Waals surface area (Å²) in [7, 11) is -4.17. The van der Waals surface area contributed by atoms with Gasteiger partial charge >= 0.3 is 0 Å². The van der Waals surface area contributed by atoms with Gasteiger partial charge in [0.25, 0.3) is 10.0 Å². The van der Waals surface area contributed by atoms with Gasteiger partial charge in [0.2, 0.25) is 11.8 Å². The van der Waals surface area contributed by atoms with Gasteiger partial charge in [-0.3, -0.25) is 13.9 Å². The molecule has 2 aliphatic rings. The van der Waals surface area contributed by atoms with Crippen molar-refractivity contribution < 1.29 is 27.5 Å². The van der Waals surface area contributed by atoms with Crippen LogP contribution in [0.1, 0.15) is 56.6 Å². The number of nitrogens with zero attached hydrogens (tertiary/aromatic N) is 2. The number of hydrogen-bond donors (Lipinski definition) is 1. The van der Waals surface area contributed by atoms with Crippen molar-refractivity contribution in [3.8, 4) is 11.5 Å². The van der Waals surface area contributed by atoms with E-state index in [9.17, 15) is 18.0 Å². The van der Waals surface area contributed by atoms with E-state index < -0.39 is 28.5 Å². The Kier molecular flexibility index (Phi) is 10.1. The van der Waals surface area contributed by atoms with E-state index >= 15 is 0 Å². The minimum atomic E-state index is -4.17. The quantitative estimate of drug-likeness (QED) is 0.316. The molecule has 1 N–H and O–H groups in total. The average molecular weight is 620 g/mol. The standard InChI is InChI=1S/C34H41N3O6S/c1-3-30(34(39)35-27-10-6-4-7-11-27)36(23-26-16-14-25(2)15-17-26)33(38)24-37(44(40,41)29-12-8-5-9-13-29)28-18-19-31-32(22-28)43-21-20-42-31/h5,8-9,12-19,22,27,30H,3-4,6-7,10-11,20-21,23-24H2,1-2H3,(H,35,39)/t30-/m1/s1. The van der Waals surface area contributed by atoms with E-state index in [1.807, 2.05) is 38.1 Å². The van der Waals surface area contributed by atoms with E-state index in [0.717, 1.165) is 47.5 Å². The van der Waals surface area contributed by atoms with Gasteiger partial charge in [-0.2, -0.15) is 0 Å². The van der Waals surface area contributed by atoms with Gasteiger partial charge in [-0.1, -0.05) is 74.2 Å². The molecular weight excluding hydrogens is 578 g/mol. The highest BCUT2D eigenvalue weighted by Crippen LogP contribution is 2.36. The molecule has 1 fully saturated rings. The van der Waals surface area contributed by atoms with Crippen LogP contribution in [0.4, 0.5) is 5.69 Å². The van der Waals surface area contributed by atoms with Crippen LogP contribution < -0.4 is 19.1 Å². The van der Waals surface area contributed by atoms with Crippen LogP contribution in [-0.2, 0) is 26.2 Å². The Morgan fingerprint density at radius 2 is 1.59 bits per heavy atom. The summed E-state index contributed by atoms with van der Waals surface area (Å²) in [5, 5.41) is 3.18. The maximum Gasteiger partial charge on any atom is 0.264 e. The number of amides is 2. The summed E-state index contributed by atoms with van der Waals surface area (Å²) in [5.74, 6) is 0.223. The summed E-state index contributed by atoms with van der Waals surface area (Å²) in [4.78, 5) is 29.6. The molecule has 44 heavy (non-hydrogen) atoms. The highest BCUT2D eigenvalue weighted by Gasteiger charge is 2.35. The highest BCUT2D eigenvalue weighted by molar-refractivity contribution is 7.92. The van der Waals surface area contributed by atoms with Crippen LogP contribution in [-0.4, -0.2) is 57.0 Å². The fraction of sp³-hybridized carbons (Fsp3) is 0.412. The maximum atomic E-state index is 14.3. The van der Waals surface area contributed by atoms with Gasteiger partial charge in [0.05, 0.1) is 10.6 Å². The predicted molar refractivity (Wildman–Crippen MR) is 169 cm³/mol. The van der Waals surface area contributed by atoms with Gasteiger partial charge in [0, 0.05) is 18.7 Å². The lowest BCUT2D eigenvalue weighted by Crippen LogP contribution is -2.54. The molecule has 2 amide bonds. The molecule has 0 spiro atoms. The predicted octanol–water partition coefficient (Wildman–Crippen LogP) is 5.22. The molecular formula is C34H41N3O6S. The lowest BCUT2D eigenvalue weighted by molar-refractivity contribution is -0.140. The third-order valence-electron chi connectivity index (χ3n) is 8.23. The number of sulfonamides is 1. The van der Waals surface area contributed by atoms with Crippen LogP contribution in [0.15, 0.2) is 77.7 Å². The minimum Gasteiger partial charge on any atom is -0.486 e. The van der Waals surface area contributed by atoms with Crippen LogP contribution in [0.25, 0.3) is 0 Å². The third kappa shape index (κ3) is 7.35. The van der Waals surface area contributed by atoms with E-state index in [2.05, 4.69) is 5.32 Å². The smallest absolute Gasteiger partial charge is 0.264 e. The summed E-state index contributed by atoms with van der Waals surface area (Å²) >= 11 is 0. The molecule has 0 saturated heterocycles. The van der Waals surface area contributed by atoms with Crippen LogP contribution in [0, 0.1) is 6.92 Å². The van der Waals surface area contributed by atoms with Crippen molar-refractivity contribution in [1.82, 2.24) is 10.2 Å². The first kappa shape index (κ1) is 31.4. The Morgan fingerprint density at radius 1 is 0.909 bits per heavy atom. The van der Waals surface area contributed by atoms with Gasteiger partial charge in [0.15, 0.2) is 11.5 Å². The Balaban J connectivity index is 1.50. The number of anilines is 1. The Hall–Kier alpha value is -4.05. The summed E-state index contributed by atoms with van der Waals surface area (Å²) in [6.45, 7) is 4.25. The molecule has 0 bridgehead atoms. The number of ether oxygens (including phenoxy) is 2. The average Bonchev–Trinajstić information content (AvgIpc) is 3.05. The van der Waals surface area contributed by atoms with Gasteiger partial charge in [-0.25, -0.2) is 8.42 Å². The highest BCUT2D eigenvalue weighted by atomic mass is 32.2. The zero-order valence-corrected chi connectivity index (χ0v) is 26.2. The molecule has 1 heterocycles. The molecule has 0 aromatic heterocycles. The van der Waals surface area contributed by atoms with Crippen molar-refractivity contribution in [2.75, 3.05) is 24.1 Å². The maximum absolute atomic E-state index is 14.3. The zero-order chi connectivity index (χ0) is 31.1. The largest absolute Gasteiger partial charge is 0.486 e. The second-order valence-electron chi connectivity index (χ2n) is 11.4. The Bertz CT molecular complexity index is 1540. The number of fused-ring (bicyclic) bond motifs is 1. The molecule has 1 aliphatic carbocycles. The third-order valence-corrected chi connectivity index (χ3v) is 10.0. The lowest BCUT2D eigenvalue weighted by Gasteiger charge is -2.34.